The monoisotopic (exact) mass is 404 g/mol. The van der Waals surface area contributed by atoms with Crippen LogP contribution in [0.1, 0.15) is 22.5 Å². The molecule has 5 heteroatoms. The van der Waals surface area contributed by atoms with E-state index in [1.807, 2.05) is 56.3 Å². The van der Waals surface area contributed by atoms with Crippen LogP contribution in [0.15, 0.2) is 60.2 Å². The molecule has 29 heavy (non-hydrogen) atoms. The SMILES string of the molecule is COc1ccc(-n2c(C)cc(/C=C(\C#N)C(=O)Cc3cccc(Cl)c3)c2C)cc1. The van der Waals surface area contributed by atoms with Gasteiger partial charge in [-0.15, -0.1) is 0 Å². The van der Waals surface area contributed by atoms with Crippen molar-refractivity contribution in [1.29, 1.82) is 5.26 Å². The molecular formula is C24H21ClN2O2. The zero-order chi connectivity index (χ0) is 21.0. The van der Waals surface area contributed by atoms with Gasteiger partial charge in [-0.1, -0.05) is 23.7 Å². The second kappa shape index (κ2) is 8.81. The van der Waals surface area contributed by atoms with Crippen molar-refractivity contribution in [1.82, 2.24) is 4.57 Å². The first kappa shape index (κ1) is 20.4. The fourth-order valence-electron chi connectivity index (χ4n) is 3.32. The van der Waals surface area contributed by atoms with Crippen LogP contribution < -0.4 is 4.74 Å². The Labute approximate surface area is 175 Å². The van der Waals surface area contributed by atoms with Crippen molar-refractivity contribution in [3.05, 3.63) is 87.7 Å². The molecule has 3 rings (SSSR count). The third-order valence-electron chi connectivity index (χ3n) is 4.78. The van der Waals surface area contributed by atoms with Gasteiger partial charge in [0.2, 0.25) is 0 Å². The molecule has 1 heterocycles. The molecule has 0 aliphatic heterocycles. The molecule has 0 amide bonds. The summed E-state index contributed by atoms with van der Waals surface area (Å²) in [5.41, 5.74) is 4.71. The largest absolute Gasteiger partial charge is 0.497 e. The minimum absolute atomic E-state index is 0.125. The molecule has 1 aromatic heterocycles. The summed E-state index contributed by atoms with van der Waals surface area (Å²) in [6.45, 7) is 3.97. The number of ketones is 1. The van der Waals surface area contributed by atoms with E-state index in [0.29, 0.717) is 5.02 Å². The summed E-state index contributed by atoms with van der Waals surface area (Å²) < 4.78 is 7.30. The number of carbonyl (C=O) groups excluding carboxylic acids is 1. The number of Topliss-reactive ketones (excluding diaryl/α,β-unsaturated/α-hetero) is 1. The van der Waals surface area contributed by atoms with Gasteiger partial charge in [-0.3, -0.25) is 4.79 Å². The summed E-state index contributed by atoms with van der Waals surface area (Å²) in [6, 6.07) is 18.9. The topological polar surface area (TPSA) is 55.0 Å². The summed E-state index contributed by atoms with van der Waals surface area (Å²) in [4.78, 5) is 12.6. The number of allylic oxidation sites excluding steroid dienone is 1. The van der Waals surface area contributed by atoms with Crippen LogP contribution >= 0.6 is 11.6 Å². The van der Waals surface area contributed by atoms with Crippen LogP contribution in [0.25, 0.3) is 11.8 Å². The molecule has 0 fully saturated rings. The average Bonchev–Trinajstić information content (AvgIpc) is 2.99. The van der Waals surface area contributed by atoms with Gasteiger partial charge in [0, 0.05) is 28.5 Å². The molecule has 146 valence electrons. The lowest BCUT2D eigenvalue weighted by Gasteiger charge is -2.10. The Bertz CT molecular complexity index is 1120. The van der Waals surface area contributed by atoms with Gasteiger partial charge in [-0.25, -0.2) is 0 Å². The summed E-state index contributed by atoms with van der Waals surface area (Å²) in [5, 5.41) is 10.1. The Kier molecular flexibility index (Phi) is 6.21. The Morgan fingerprint density at radius 2 is 1.90 bits per heavy atom. The zero-order valence-corrected chi connectivity index (χ0v) is 17.3. The first-order chi connectivity index (χ1) is 13.9. The molecule has 4 nitrogen and oxygen atoms in total. The van der Waals surface area contributed by atoms with Crippen LogP contribution in [0.2, 0.25) is 5.02 Å². The van der Waals surface area contributed by atoms with Crippen LogP contribution in [-0.4, -0.2) is 17.5 Å². The van der Waals surface area contributed by atoms with Crippen LogP contribution in [-0.2, 0) is 11.2 Å². The van der Waals surface area contributed by atoms with Crippen molar-refractivity contribution < 1.29 is 9.53 Å². The van der Waals surface area contributed by atoms with E-state index >= 15 is 0 Å². The number of halogens is 1. The predicted molar refractivity (Wildman–Crippen MR) is 116 cm³/mol. The third kappa shape index (κ3) is 4.59. The standard InChI is InChI=1S/C24H21ClN2O2/c1-16-11-19(17(2)27(16)22-7-9-23(29-3)10-8-22)14-20(15-26)24(28)13-18-5-4-6-21(25)12-18/h4-12,14H,13H2,1-3H3/b20-14+. The lowest BCUT2D eigenvalue weighted by Crippen LogP contribution is -2.05. The first-order valence-corrected chi connectivity index (χ1v) is 9.53. The van der Waals surface area contributed by atoms with Crippen molar-refractivity contribution in [3.8, 4) is 17.5 Å². The Morgan fingerprint density at radius 1 is 1.17 bits per heavy atom. The number of aromatic nitrogens is 1. The molecule has 0 aliphatic carbocycles. The molecule has 0 saturated heterocycles. The Hall–Kier alpha value is -3.29. The van der Waals surface area contributed by atoms with Crippen molar-refractivity contribution in [2.45, 2.75) is 20.3 Å². The average molecular weight is 405 g/mol. The molecule has 3 aromatic rings. The van der Waals surface area contributed by atoms with Gasteiger partial charge in [0.25, 0.3) is 0 Å². The minimum atomic E-state index is -0.232. The quantitative estimate of drug-likeness (QED) is 0.404. The van der Waals surface area contributed by atoms with Gasteiger partial charge < -0.3 is 9.30 Å². The smallest absolute Gasteiger partial charge is 0.177 e. The van der Waals surface area contributed by atoms with E-state index in [-0.39, 0.29) is 17.8 Å². The molecular weight excluding hydrogens is 384 g/mol. The summed E-state index contributed by atoms with van der Waals surface area (Å²) >= 11 is 5.99. The Balaban J connectivity index is 1.91. The van der Waals surface area contributed by atoms with Crippen molar-refractivity contribution in [2.24, 2.45) is 0 Å². The Morgan fingerprint density at radius 3 is 2.52 bits per heavy atom. The van der Waals surface area contributed by atoms with Crippen molar-refractivity contribution in [2.75, 3.05) is 7.11 Å². The van der Waals surface area contributed by atoms with E-state index in [2.05, 4.69) is 4.57 Å². The predicted octanol–water partition coefficient (Wildman–Crippen LogP) is 5.47. The first-order valence-electron chi connectivity index (χ1n) is 9.15. The summed E-state index contributed by atoms with van der Waals surface area (Å²) in [5.74, 6) is 0.554. The minimum Gasteiger partial charge on any atom is -0.497 e. The lowest BCUT2D eigenvalue weighted by atomic mass is 10.0. The highest BCUT2D eigenvalue weighted by atomic mass is 35.5. The second-order valence-electron chi connectivity index (χ2n) is 6.76. The number of nitrogens with zero attached hydrogens (tertiary/aromatic N) is 2. The number of benzene rings is 2. The normalized spacial score (nSPS) is 11.2. The number of ether oxygens (including phenoxy) is 1. The van der Waals surface area contributed by atoms with Gasteiger partial charge in [0.05, 0.1) is 12.7 Å². The number of carbonyl (C=O) groups is 1. The highest BCUT2D eigenvalue weighted by molar-refractivity contribution is 6.30. The molecule has 2 aromatic carbocycles. The zero-order valence-electron chi connectivity index (χ0n) is 16.6. The maximum Gasteiger partial charge on any atom is 0.177 e. The van der Waals surface area contributed by atoms with E-state index in [1.54, 1.807) is 31.4 Å². The highest BCUT2D eigenvalue weighted by Crippen LogP contribution is 2.25. The number of hydrogen-bond acceptors (Lipinski definition) is 3. The van der Waals surface area contributed by atoms with Crippen LogP contribution in [0.4, 0.5) is 0 Å². The van der Waals surface area contributed by atoms with E-state index in [4.69, 9.17) is 16.3 Å². The number of methoxy groups -OCH3 is 1. The maximum absolute atomic E-state index is 12.6. The van der Waals surface area contributed by atoms with Gasteiger partial charge in [-0.2, -0.15) is 5.26 Å². The lowest BCUT2D eigenvalue weighted by molar-refractivity contribution is -0.114. The third-order valence-corrected chi connectivity index (χ3v) is 5.01. The van der Waals surface area contributed by atoms with E-state index < -0.39 is 0 Å². The summed E-state index contributed by atoms with van der Waals surface area (Å²) in [6.07, 6.45) is 1.80. The van der Waals surface area contributed by atoms with Crippen molar-refractivity contribution in [3.63, 3.8) is 0 Å². The van der Waals surface area contributed by atoms with E-state index in [9.17, 15) is 10.1 Å². The number of aryl methyl sites for hydroxylation is 1. The van der Waals surface area contributed by atoms with Crippen LogP contribution in [0.5, 0.6) is 5.75 Å². The van der Waals surface area contributed by atoms with Crippen LogP contribution in [0.3, 0.4) is 0 Å². The molecule has 0 N–H and O–H groups in total. The van der Waals surface area contributed by atoms with Crippen LogP contribution in [0, 0.1) is 25.2 Å². The fraction of sp³-hybridized carbons (Fsp3) is 0.167. The van der Waals surface area contributed by atoms with E-state index in [0.717, 1.165) is 34.0 Å². The molecule has 0 spiro atoms. The fourth-order valence-corrected chi connectivity index (χ4v) is 3.53. The highest BCUT2D eigenvalue weighted by Gasteiger charge is 2.14. The molecule has 0 bridgehead atoms. The van der Waals surface area contributed by atoms with Gasteiger partial charge in [-0.05, 0) is 73.5 Å². The molecule has 0 saturated carbocycles. The summed E-state index contributed by atoms with van der Waals surface area (Å²) in [7, 11) is 1.63. The van der Waals surface area contributed by atoms with Gasteiger partial charge >= 0.3 is 0 Å². The molecule has 0 unspecified atom stereocenters. The maximum atomic E-state index is 12.6. The van der Waals surface area contributed by atoms with Gasteiger partial charge in [0.1, 0.15) is 11.8 Å². The van der Waals surface area contributed by atoms with Crippen molar-refractivity contribution >= 4 is 23.5 Å². The molecule has 0 atom stereocenters. The van der Waals surface area contributed by atoms with Gasteiger partial charge in [0.15, 0.2) is 5.78 Å². The molecule has 0 radical (unpaired) electrons. The van der Waals surface area contributed by atoms with E-state index in [1.165, 1.54) is 0 Å². The number of hydrogen-bond donors (Lipinski definition) is 0. The second-order valence-corrected chi connectivity index (χ2v) is 7.20. The number of rotatable bonds is 6. The number of nitriles is 1. The molecule has 0 aliphatic rings.